The fourth-order valence-corrected chi connectivity index (χ4v) is 2.63. The quantitative estimate of drug-likeness (QED) is 0.747. The molecule has 0 saturated carbocycles. The molecule has 4 heteroatoms. The van der Waals surface area contributed by atoms with Crippen molar-refractivity contribution < 1.29 is 9.13 Å². The minimum atomic E-state index is -0.291. The summed E-state index contributed by atoms with van der Waals surface area (Å²) in [5.41, 5.74) is 1.24. The average molecular weight is 352 g/mol. The molecule has 1 N–H and O–H groups in total. The van der Waals surface area contributed by atoms with Crippen LogP contribution in [0.5, 0.6) is 11.5 Å². The van der Waals surface area contributed by atoms with Gasteiger partial charge in [0.05, 0.1) is 4.47 Å². The van der Waals surface area contributed by atoms with Gasteiger partial charge in [0.2, 0.25) is 0 Å². The van der Waals surface area contributed by atoms with Gasteiger partial charge in [-0.1, -0.05) is 26.0 Å². The Kier molecular flexibility index (Phi) is 5.76. The van der Waals surface area contributed by atoms with Crippen molar-refractivity contribution in [2.75, 3.05) is 6.54 Å². The molecule has 1 unspecified atom stereocenters. The molecule has 0 saturated heterocycles. The Morgan fingerprint density at radius 2 is 1.86 bits per heavy atom. The molecule has 0 fully saturated rings. The second-order valence-electron chi connectivity index (χ2n) is 4.76. The Bertz CT molecular complexity index is 586. The number of hydrogen-bond donors (Lipinski definition) is 1. The smallest absolute Gasteiger partial charge is 0.141 e. The van der Waals surface area contributed by atoms with Gasteiger partial charge in [0.1, 0.15) is 17.3 Å². The van der Waals surface area contributed by atoms with Crippen molar-refractivity contribution in [1.82, 2.24) is 5.32 Å². The molecule has 112 valence electrons. The summed E-state index contributed by atoms with van der Waals surface area (Å²) in [6.07, 6.45) is 1.04. The van der Waals surface area contributed by atoms with Crippen LogP contribution in [0.15, 0.2) is 46.9 Å². The highest BCUT2D eigenvalue weighted by atomic mass is 79.9. The van der Waals surface area contributed by atoms with Gasteiger partial charge < -0.3 is 10.1 Å². The molecular formula is C17H19BrFNO. The first-order chi connectivity index (χ1) is 10.1. The van der Waals surface area contributed by atoms with Crippen LogP contribution >= 0.6 is 15.9 Å². The van der Waals surface area contributed by atoms with Crippen LogP contribution in [-0.4, -0.2) is 6.54 Å². The highest BCUT2D eigenvalue weighted by Crippen LogP contribution is 2.30. The van der Waals surface area contributed by atoms with Crippen LogP contribution in [0.2, 0.25) is 0 Å². The van der Waals surface area contributed by atoms with Gasteiger partial charge in [-0.2, -0.15) is 0 Å². The maximum absolute atomic E-state index is 13.0. The third-order valence-corrected chi connectivity index (χ3v) is 3.88. The lowest BCUT2D eigenvalue weighted by atomic mass is 10.0. The van der Waals surface area contributed by atoms with Crippen molar-refractivity contribution in [2.45, 2.75) is 26.3 Å². The second-order valence-corrected chi connectivity index (χ2v) is 5.62. The molecule has 0 spiro atoms. The van der Waals surface area contributed by atoms with Crippen molar-refractivity contribution in [3.8, 4) is 11.5 Å². The first-order valence-corrected chi connectivity index (χ1v) is 7.89. The zero-order chi connectivity index (χ0) is 15.2. The van der Waals surface area contributed by atoms with E-state index in [4.69, 9.17) is 4.74 Å². The molecule has 0 aliphatic rings. The van der Waals surface area contributed by atoms with E-state index < -0.39 is 0 Å². The Morgan fingerprint density at radius 3 is 2.43 bits per heavy atom. The van der Waals surface area contributed by atoms with E-state index in [0.717, 1.165) is 18.7 Å². The van der Waals surface area contributed by atoms with E-state index >= 15 is 0 Å². The number of halogens is 2. The molecule has 0 bridgehead atoms. The van der Waals surface area contributed by atoms with E-state index in [1.165, 1.54) is 17.7 Å². The number of hydrogen-bond acceptors (Lipinski definition) is 2. The lowest BCUT2D eigenvalue weighted by Crippen LogP contribution is -2.19. The topological polar surface area (TPSA) is 21.3 Å². The van der Waals surface area contributed by atoms with E-state index in [-0.39, 0.29) is 5.82 Å². The Labute approximate surface area is 133 Å². The highest BCUT2D eigenvalue weighted by Gasteiger charge is 2.08. The monoisotopic (exact) mass is 351 g/mol. The summed E-state index contributed by atoms with van der Waals surface area (Å²) in [6, 6.07) is 12.7. The zero-order valence-electron chi connectivity index (χ0n) is 12.2. The molecule has 0 aliphatic heterocycles. The summed E-state index contributed by atoms with van der Waals surface area (Å²) in [5, 5.41) is 3.44. The molecule has 1 atom stereocenters. The normalized spacial score (nSPS) is 12.2. The van der Waals surface area contributed by atoms with Crippen LogP contribution in [-0.2, 0) is 0 Å². The molecule has 0 aromatic heterocycles. The molecule has 0 aliphatic carbocycles. The highest BCUT2D eigenvalue weighted by molar-refractivity contribution is 9.10. The van der Waals surface area contributed by atoms with Gasteiger partial charge in [-0.25, -0.2) is 4.39 Å². The van der Waals surface area contributed by atoms with Crippen molar-refractivity contribution in [1.29, 1.82) is 0 Å². The van der Waals surface area contributed by atoms with Gasteiger partial charge in [0.15, 0.2) is 0 Å². The molecule has 0 amide bonds. The maximum Gasteiger partial charge on any atom is 0.141 e. The summed E-state index contributed by atoms with van der Waals surface area (Å²) >= 11 is 3.30. The molecular weight excluding hydrogens is 333 g/mol. The summed E-state index contributed by atoms with van der Waals surface area (Å²) in [6.45, 7) is 5.21. The minimum absolute atomic E-state index is 0.291. The molecule has 2 aromatic rings. The van der Waals surface area contributed by atoms with Crippen LogP contribution in [0.3, 0.4) is 0 Å². The van der Waals surface area contributed by atoms with E-state index in [1.807, 2.05) is 12.1 Å². The first-order valence-electron chi connectivity index (χ1n) is 7.10. The average Bonchev–Trinajstić information content (AvgIpc) is 2.48. The lowest BCUT2D eigenvalue weighted by molar-refractivity contribution is 0.476. The van der Waals surface area contributed by atoms with Crippen LogP contribution < -0.4 is 10.1 Å². The summed E-state index contributed by atoms with van der Waals surface area (Å²) < 4.78 is 19.4. The summed E-state index contributed by atoms with van der Waals surface area (Å²) in [7, 11) is 0. The molecule has 0 radical (unpaired) electrons. The summed E-state index contributed by atoms with van der Waals surface area (Å²) in [5.74, 6) is 1.04. The van der Waals surface area contributed by atoms with Gasteiger partial charge >= 0.3 is 0 Å². The van der Waals surface area contributed by atoms with Crippen LogP contribution in [0.25, 0.3) is 0 Å². The molecule has 0 heterocycles. The van der Waals surface area contributed by atoms with Gasteiger partial charge in [-0.15, -0.1) is 0 Å². The molecule has 2 nitrogen and oxygen atoms in total. The van der Waals surface area contributed by atoms with E-state index in [9.17, 15) is 4.39 Å². The third-order valence-electron chi connectivity index (χ3n) is 3.26. The van der Waals surface area contributed by atoms with Crippen molar-refractivity contribution in [3.05, 3.63) is 58.3 Å². The van der Waals surface area contributed by atoms with Crippen molar-refractivity contribution in [2.24, 2.45) is 0 Å². The van der Waals surface area contributed by atoms with E-state index in [0.29, 0.717) is 16.3 Å². The maximum atomic E-state index is 13.0. The van der Waals surface area contributed by atoms with Crippen LogP contribution in [0.4, 0.5) is 4.39 Å². The Hall–Kier alpha value is -1.39. The number of rotatable bonds is 6. The van der Waals surface area contributed by atoms with Gasteiger partial charge in [-0.3, -0.25) is 0 Å². The SMILES string of the molecule is CCNC(CC)c1ccc(Oc2ccc(F)cc2Br)cc1. The van der Waals surface area contributed by atoms with Crippen molar-refractivity contribution >= 4 is 15.9 Å². The largest absolute Gasteiger partial charge is 0.456 e. The first kappa shape index (κ1) is 16.0. The van der Waals surface area contributed by atoms with Gasteiger partial charge in [0, 0.05) is 6.04 Å². The van der Waals surface area contributed by atoms with Gasteiger partial charge in [0.25, 0.3) is 0 Å². The standard InChI is InChI=1S/C17H19BrFNO/c1-3-16(20-4-2)12-5-8-14(9-6-12)21-17-10-7-13(19)11-15(17)18/h5-11,16,20H,3-4H2,1-2H3. The fraction of sp³-hybridized carbons (Fsp3) is 0.294. The third kappa shape index (κ3) is 4.29. The molecule has 2 aromatic carbocycles. The molecule has 21 heavy (non-hydrogen) atoms. The van der Waals surface area contributed by atoms with Crippen LogP contribution in [0, 0.1) is 5.82 Å². The van der Waals surface area contributed by atoms with Crippen LogP contribution in [0.1, 0.15) is 31.9 Å². The molecule has 2 rings (SSSR count). The van der Waals surface area contributed by atoms with Gasteiger partial charge in [-0.05, 0) is 64.8 Å². The predicted octanol–water partition coefficient (Wildman–Crippen LogP) is 5.44. The number of ether oxygens (including phenoxy) is 1. The Morgan fingerprint density at radius 1 is 1.14 bits per heavy atom. The second kappa shape index (κ2) is 7.57. The Balaban J connectivity index is 2.11. The fourth-order valence-electron chi connectivity index (χ4n) is 2.20. The number of benzene rings is 2. The number of nitrogens with one attached hydrogen (secondary N) is 1. The van der Waals surface area contributed by atoms with Crippen molar-refractivity contribution in [3.63, 3.8) is 0 Å². The van der Waals surface area contributed by atoms with E-state index in [2.05, 4.69) is 47.2 Å². The lowest BCUT2D eigenvalue weighted by Gasteiger charge is -2.16. The summed E-state index contributed by atoms with van der Waals surface area (Å²) in [4.78, 5) is 0. The minimum Gasteiger partial charge on any atom is -0.456 e. The zero-order valence-corrected chi connectivity index (χ0v) is 13.8. The predicted molar refractivity (Wildman–Crippen MR) is 87.3 cm³/mol. The van der Waals surface area contributed by atoms with E-state index in [1.54, 1.807) is 6.07 Å².